The standard InChI is InChI=1S/C15H10O7/c16-13(17)8-2-1-3-10(6-8)22-12-7-9(14(18)19)4-5-11(12)15(20)21/h1-7H,(H,16,17)(H,18,19)(H,20,21). The lowest BCUT2D eigenvalue weighted by atomic mass is 10.1. The van der Waals surface area contributed by atoms with Gasteiger partial charge >= 0.3 is 17.9 Å². The highest BCUT2D eigenvalue weighted by atomic mass is 16.5. The van der Waals surface area contributed by atoms with Gasteiger partial charge in [0, 0.05) is 0 Å². The molecule has 7 nitrogen and oxygen atoms in total. The molecule has 0 radical (unpaired) electrons. The Labute approximate surface area is 124 Å². The SMILES string of the molecule is O=C(O)c1cccc(Oc2cc(C(=O)O)ccc2C(=O)O)c1. The second-order valence-electron chi connectivity index (χ2n) is 4.26. The lowest BCUT2D eigenvalue weighted by molar-refractivity contribution is 0.0678. The highest BCUT2D eigenvalue weighted by molar-refractivity contribution is 5.94. The number of aromatic carboxylic acids is 3. The van der Waals surface area contributed by atoms with Gasteiger partial charge in [-0.25, -0.2) is 14.4 Å². The predicted molar refractivity (Wildman–Crippen MR) is 73.8 cm³/mol. The van der Waals surface area contributed by atoms with E-state index >= 15 is 0 Å². The van der Waals surface area contributed by atoms with Gasteiger partial charge in [-0.3, -0.25) is 0 Å². The molecule has 0 atom stereocenters. The summed E-state index contributed by atoms with van der Waals surface area (Å²) in [7, 11) is 0. The van der Waals surface area contributed by atoms with Crippen molar-refractivity contribution in [2.24, 2.45) is 0 Å². The fraction of sp³-hybridized carbons (Fsp3) is 0. The summed E-state index contributed by atoms with van der Waals surface area (Å²) in [5, 5.41) is 26.9. The zero-order valence-electron chi connectivity index (χ0n) is 11.0. The van der Waals surface area contributed by atoms with Gasteiger partial charge in [-0.05, 0) is 36.4 Å². The molecular weight excluding hydrogens is 292 g/mol. The zero-order chi connectivity index (χ0) is 16.3. The normalized spacial score (nSPS) is 10.0. The van der Waals surface area contributed by atoms with E-state index in [4.69, 9.17) is 20.1 Å². The summed E-state index contributed by atoms with van der Waals surface area (Å²) >= 11 is 0. The van der Waals surface area contributed by atoms with Crippen molar-refractivity contribution in [3.8, 4) is 11.5 Å². The molecule has 0 saturated heterocycles. The lowest BCUT2D eigenvalue weighted by Gasteiger charge is -2.10. The highest BCUT2D eigenvalue weighted by Crippen LogP contribution is 2.27. The van der Waals surface area contributed by atoms with Crippen molar-refractivity contribution in [2.45, 2.75) is 0 Å². The molecule has 0 spiro atoms. The second-order valence-corrected chi connectivity index (χ2v) is 4.26. The molecule has 0 amide bonds. The molecule has 0 unspecified atom stereocenters. The largest absolute Gasteiger partial charge is 0.478 e. The van der Waals surface area contributed by atoms with Gasteiger partial charge in [0.15, 0.2) is 0 Å². The summed E-state index contributed by atoms with van der Waals surface area (Å²) < 4.78 is 5.34. The van der Waals surface area contributed by atoms with Crippen LogP contribution in [0.1, 0.15) is 31.1 Å². The van der Waals surface area contributed by atoms with E-state index in [1.165, 1.54) is 24.3 Å². The van der Waals surface area contributed by atoms with Crippen LogP contribution in [0.15, 0.2) is 42.5 Å². The summed E-state index contributed by atoms with van der Waals surface area (Å²) in [5.41, 5.74) is -0.413. The van der Waals surface area contributed by atoms with Gasteiger partial charge in [0.25, 0.3) is 0 Å². The molecule has 7 heteroatoms. The minimum Gasteiger partial charge on any atom is -0.478 e. The summed E-state index contributed by atoms with van der Waals surface area (Å²) in [6, 6.07) is 8.75. The van der Waals surface area contributed by atoms with Crippen molar-refractivity contribution < 1.29 is 34.4 Å². The summed E-state index contributed by atoms with van der Waals surface area (Å²) in [5.74, 6) is -3.79. The molecule has 3 N–H and O–H groups in total. The van der Waals surface area contributed by atoms with E-state index in [2.05, 4.69) is 0 Å². The van der Waals surface area contributed by atoms with Gasteiger partial charge in [-0.1, -0.05) is 6.07 Å². The minimum absolute atomic E-state index is 0.0382. The van der Waals surface area contributed by atoms with Crippen molar-refractivity contribution in [3.05, 3.63) is 59.2 Å². The maximum Gasteiger partial charge on any atom is 0.339 e. The van der Waals surface area contributed by atoms with E-state index in [-0.39, 0.29) is 28.2 Å². The molecular formula is C15H10O7. The monoisotopic (exact) mass is 302 g/mol. The number of carboxylic acid groups (broad SMARTS) is 3. The molecule has 112 valence electrons. The Hall–Kier alpha value is -3.35. The molecule has 0 aliphatic carbocycles. The Bertz CT molecular complexity index is 764. The van der Waals surface area contributed by atoms with E-state index in [1.807, 2.05) is 0 Å². The maximum atomic E-state index is 11.1. The molecule has 22 heavy (non-hydrogen) atoms. The van der Waals surface area contributed by atoms with Crippen molar-refractivity contribution in [1.29, 1.82) is 0 Å². The average molecular weight is 302 g/mol. The molecule has 0 fully saturated rings. The lowest BCUT2D eigenvalue weighted by Crippen LogP contribution is -2.04. The fourth-order valence-corrected chi connectivity index (χ4v) is 1.74. The summed E-state index contributed by atoms with van der Waals surface area (Å²) in [6.07, 6.45) is 0. The van der Waals surface area contributed by atoms with E-state index in [9.17, 15) is 14.4 Å². The molecule has 0 bridgehead atoms. The zero-order valence-corrected chi connectivity index (χ0v) is 11.0. The van der Waals surface area contributed by atoms with Crippen LogP contribution in [-0.2, 0) is 0 Å². The Balaban J connectivity index is 2.45. The molecule has 2 aromatic carbocycles. The molecule has 0 saturated carbocycles. The van der Waals surface area contributed by atoms with Crippen LogP contribution in [0.25, 0.3) is 0 Å². The van der Waals surface area contributed by atoms with E-state index in [0.717, 1.165) is 18.2 Å². The number of carboxylic acids is 3. The number of hydrogen-bond acceptors (Lipinski definition) is 4. The minimum atomic E-state index is -1.29. The predicted octanol–water partition coefficient (Wildman–Crippen LogP) is 2.57. The highest BCUT2D eigenvalue weighted by Gasteiger charge is 2.16. The van der Waals surface area contributed by atoms with E-state index in [0.29, 0.717) is 0 Å². The smallest absolute Gasteiger partial charge is 0.339 e. The molecule has 0 aromatic heterocycles. The third kappa shape index (κ3) is 3.21. The first-order valence-corrected chi connectivity index (χ1v) is 6.00. The topological polar surface area (TPSA) is 121 Å². The van der Waals surface area contributed by atoms with E-state index in [1.54, 1.807) is 0 Å². The molecule has 0 aliphatic rings. The Morgan fingerprint density at radius 3 is 2.00 bits per heavy atom. The van der Waals surface area contributed by atoms with Crippen molar-refractivity contribution in [3.63, 3.8) is 0 Å². The van der Waals surface area contributed by atoms with Gasteiger partial charge in [0.1, 0.15) is 17.1 Å². The molecule has 2 aromatic rings. The van der Waals surface area contributed by atoms with E-state index < -0.39 is 17.9 Å². The second kappa shape index (κ2) is 5.96. The van der Waals surface area contributed by atoms with Crippen LogP contribution in [0, 0.1) is 0 Å². The van der Waals surface area contributed by atoms with Gasteiger partial charge in [0.05, 0.1) is 11.1 Å². The fourth-order valence-electron chi connectivity index (χ4n) is 1.74. The quantitative estimate of drug-likeness (QED) is 0.776. The number of carbonyl (C=O) groups is 3. The summed E-state index contributed by atoms with van der Waals surface area (Å²) in [4.78, 5) is 33.0. The van der Waals surface area contributed by atoms with Gasteiger partial charge in [-0.15, -0.1) is 0 Å². The maximum absolute atomic E-state index is 11.1. The first-order valence-electron chi connectivity index (χ1n) is 6.00. The van der Waals surface area contributed by atoms with Crippen LogP contribution in [0.5, 0.6) is 11.5 Å². The van der Waals surface area contributed by atoms with Gasteiger partial charge < -0.3 is 20.1 Å². The first kappa shape index (κ1) is 15.0. The van der Waals surface area contributed by atoms with Crippen LogP contribution >= 0.6 is 0 Å². The average Bonchev–Trinajstić information content (AvgIpc) is 2.47. The third-order valence-electron chi connectivity index (χ3n) is 2.77. The van der Waals surface area contributed by atoms with Crippen molar-refractivity contribution >= 4 is 17.9 Å². The molecule has 0 heterocycles. The van der Waals surface area contributed by atoms with Crippen molar-refractivity contribution in [2.75, 3.05) is 0 Å². The van der Waals surface area contributed by atoms with Gasteiger partial charge in [0.2, 0.25) is 0 Å². The first-order chi connectivity index (χ1) is 10.4. The molecule has 2 rings (SSSR count). The van der Waals surface area contributed by atoms with Crippen LogP contribution in [0.3, 0.4) is 0 Å². The van der Waals surface area contributed by atoms with Crippen LogP contribution in [-0.4, -0.2) is 33.2 Å². The Morgan fingerprint density at radius 1 is 0.773 bits per heavy atom. The number of rotatable bonds is 5. The van der Waals surface area contributed by atoms with Crippen molar-refractivity contribution in [1.82, 2.24) is 0 Å². The van der Waals surface area contributed by atoms with Crippen LogP contribution in [0.4, 0.5) is 0 Å². The van der Waals surface area contributed by atoms with Gasteiger partial charge in [-0.2, -0.15) is 0 Å². The Morgan fingerprint density at radius 2 is 1.41 bits per heavy atom. The molecule has 0 aliphatic heterocycles. The summed E-state index contributed by atoms with van der Waals surface area (Å²) in [6.45, 7) is 0. The van der Waals surface area contributed by atoms with Crippen LogP contribution < -0.4 is 4.74 Å². The van der Waals surface area contributed by atoms with Crippen LogP contribution in [0.2, 0.25) is 0 Å². The number of hydrogen-bond donors (Lipinski definition) is 3. The third-order valence-corrected chi connectivity index (χ3v) is 2.77. The Kier molecular flexibility index (Phi) is 4.08. The number of ether oxygens (including phenoxy) is 1. The number of benzene rings is 2.